The van der Waals surface area contributed by atoms with Crippen LogP contribution in [0.25, 0.3) is 0 Å². The number of anilines is 1. The summed E-state index contributed by atoms with van der Waals surface area (Å²) >= 11 is 0. The smallest absolute Gasteiger partial charge is 0.230 e. The number of carbonyl (C=O) groups is 2. The van der Waals surface area contributed by atoms with Crippen molar-refractivity contribution in [2.45, 2.75) is 32.2 Å². The summed E-state index contributed by atoms with van der Waals surface area (Å²) in [4.78, 5) is 29.9. The van der Waals surface area contributed by atoms with E-state index in [2.05, 4.69) is 10.3 Å². The molecule has 1 aromatic heterocycles. The van der Waals surface area contributed by atoms with Crippen LogP contribution >= 0.6 is 0 Å². The Kier molecular flexibility index (Phi) is 2.97. The van der Waals surface area contributed by atoms with Gasteiger partial charge in [0.1, 0.15) is 5.82 Å². The summed E-state index contributed by atoms with van der Waals surface area (Å²) in [6, 6.07) is 4.10. The normalized spacial score (nSPS) is 22.7. The zero-order valence-electron chi connectivity index (χ0n) is 10.9. The Morgan fingerprint density at radius 2 is 2.26 bits per heavy atom. The molecule has 5 nitrogen and oxygen atoms in total. The summed E-state index contributed by atoms with van der Waals surface area (Å²) in [5.41, 5.74) is 1.05. The zero-order valence-corrected chi connectivity index (χ0v) is 10.9. The average molecular weight is 259 g/mol. The minimum absolute atomic E-state index is 0.102. The number of nitrogens with zero attached hydrogens (tertiary/aromatic N) is 2. The van der Waals surface area contributed by atoms with Crippen molar-refractivity contribution < 1.29 is 9.59 Å². The monoisotopic (exact) mass is 259 g/mol. The molecular formula is C14H17N3O2. The van der Waals surface area contributed by atoms with E-state index in [9.17, 15) is 9.59 Å². The van der Waals surface area contributed by atoms with Gasteiger partial charge in [-0.2, -0.15) is 0 Å². The van der Waals surface area contributed by atoms with Gasteiger partial charge in [0.05, 0.1) is 5.92 Å². The van der Waals surface area contributed by atoms with E-state index in [4.69, 9.17) is 0 Å². The van der Waals surface area contributed by atoms with E-state index in [1.54, 1.807) is 6.20 Å². The van der Waals surface area contributed by atoms with Gasteiger partial charge in [-0.1, -0.05) is 0 Å². The molecule has 3 rings (SSSR count). The molecule has 2 amide bonds. The third kappa shape index (κ3) is 2.59. The van der Waals surface area contributed by atoms with Crippen molar-refractivity contribution in [3.63, 3.8) is 0 Å². The molecule has 100 valence electrons. The fraction of sp³-hybridized carbons (Fsp3) is 0.500. The highest BCUT2D eigenvalue weighted by Gasteiger charge is 2.41. The number of hydrogen-bond donors (Lipinski definition) is 1. The van der Waals surface area contributed by atoms with Crippen molar-refractivity contribution in [3.05, 3.63) is 23.9 Å². The molecule has 1 saturated heterocycles. The van der Waals surface area contributed by atoms with E-state index in [0.29, 0.717) is 24.8 Å². The molecule has 0 bridgehead atoms. The Hall–Kier alpha value is -1.91. The predicted octanol–water partition coefficient (Wildman–Crippen LogP) is 1.34. The molecule has 0 aromatic carbocycles. The van der Waals surface area contributed by atoms with Crippen LogP contribution in [0.3, 0.4) is 0 Å². The molecule has 1 atom stereocenters. The highest BCUT2D eigenvalue weighted by molar-refractivity contribution is 5.96. The van der Waals surface area contributed by atoms with Gasteiger partial charge < -0.3 is 10.2 Å². The van der Waals surface area contributed by atoms with Crippen LogP contribution in [0.1, 0.15) is 24.8 Å². The minimum atomic E-state index is -0.240. The Morgan fingerprint density at radius 3 is 2.95 bits per heavy atom. The molecule has 2 heterocycles. The van der Waals surface area contributed by atoms with Crippen molar-refractivity contribution in [2.75, 3.05) is 11.9 Å². The fourth-order valence-corrected chi connectivity index (χ4v) is 2.48. The second-order valence-corrected chi connectivity index (χ2v) is 5.39. The first-order chi connectivity index (χ1) is 9.13. The van der Waals surface area contributed by atoms with E-state index in [0.717, 1.165) is 18.4 Å². The number of hydrogen-bond acceptors (Lipinski definition) is 3. The number of pyridine rings is 1. The number of amides is 2. The van der Waals surface area contributed by atoms with Crippen LogP contribution in [-0.2, 0) is 9.59 Å². The summed E-state index contributed by atoms with van der Waals surface area (Å²) in [5.74, 6) is 0.326. The summed E-state index contributed by atoms with van der Waals surface area (Å²) < 4.78 is 0. The SMILES string of the molecule is Cc1ccnc(NC(=O)[C@@H]2CC(=O)N(C3CC3)C2)c1. The second kappa shape index (κ2) is 4.64. The Bertz CT molecular complexity index is 525. The van der Waals surface area contributed by atoms with Crippen LogP contribution in [0.2, 0.25) is 0 Å². The first-order valence-electron chi connectivity index (χ1n) is 6.66. The maximum atomic E-state index is 12.1. The maximum absolute atomic E-state index is 12.1. The molecule has 2 aliphatic rings. The molecule has 2 fully saturated rings. The van der Waals surface area contributed by atoms with E-state index >= 15 is 0 Å². The first kappa shape index (κ1) is 12.1. The third-order valence-corrected chi connectivity index (χ3v) is 3.68. The standard InChI is InChI=1S/C14H17N3O2/c1-9-4-5-15-12(6-9)16-14(19)10-7-13(18)17(8-10)11-2-3-11/h4-6,10-11H,2-3,7-8H2,1H3,(H,15,16,19)/t10-/m1/s1. The minimum Gasteiger partial charge on any atom is -0.339 e. The first-order valence-corrected chi connectivity index (χ1v) is 6.66. The molecule has 0 unspecified atom stereocenters. The van der Waals surface area contributed by atoms with E-state index < -0.39 is 0 Å². The molecule has 1 aliphatic carbocycles. The molecule has 19 heavy (non-hydrogen) atoms. The van der Waals surface area contributed by atoms with Gasteiger partial charge in [0.15, 0.2) is 0 Å². The fourth-order valence-electron chi connectivity index (χ4n) is 2.48. The van der Waals surface area contributed by atoms with Gasteiger partial charge in [0.25, 0.3) is 0 Å². The Labute approximate surface area is 112 Å². The number of carbonyl (C=O) groups excluding carboxylic acids is 2. The van der Waals surface area contributed by atoms with Crippen LogP contribution in [0.15, 0.2) is 18.3 Å². The number of rotatable bonds is 3. The Morgan fingerprint density at radius 1 is 1.47 bits per heavy atom. The molecule has 1 aromatic rings. The van der Waals surface area contributed by atoms with Gasteiger partial charge >= 0.3 is 0 Å². The van der Waals surface area contributed by atoms with Crippen LogP contribution in [0.4, 0.5) is 5.82 Å². The average Bonchev–Trinajstić information content (AvgIpc) is 3.12. The third-order valence-electron chi connectivity index (χ3n) is 3.68. The number of likely N-dealkylation sites (tertiary alicyclic amines) is 1. The van der Waals surface area contributed by atoms with Crippen molar-refractivity contribution >= 4 is 17.6 Å². The molecule has 5 heteroatoms. The quantitative estimate of drug-likeness (QED) is 0.891. The highest BCUT2D eigenvalue weighted by Crippen LogP contribution is 2.32. The largest absolute Gasteiger partial charge is 0.339 e. The van der Waals surface area contributed by atoms with Gasteiger partial charge in [0, 0.05) is 25.2 Å². The number of aromatic nitrogens is 1. The van der Waals surface area contributed by atoms with Crippen LogP contribution in [0.5, 0.6) is 0 Å². The zero-order chi connectivity index (χ0) is 13.4. The lowest BCUT2D eigenvalue weighted by molar-refractivity contribution is -0.128. The molecule has 1 N–H and O–H groups in total. The maximum Gasteiger partial charge on any atom is 0.230 e. The number of aryl methyl sites for hydroxylation is 1. The lowest BCUT2D eigenvalue weighted by Crippen LogP contribution is -2.30. The van der Waals surface area contributed by atoms with Gasteiger partial charge in [-0.25, -0.2) is 4.98 Å². The molecule has 1 aliphatic heterocycles. The van der Waals surface area contributed by atoms with Crippen LogP contribution in [0, 0.1) is 12.8 Å². The molecule has 0 radical (unpaired) electrons. The van der Waals surface area contributed by atoms with Crippen LogP contribution < -0.4 is 5.32 Å². The summed E-state index contributed by atoms with van der Waals surface area (Å²) in [6.07, 6.45) is 4.16. The molecule has 0 spiro atoms. The van der Waals surface area contributed by atoms with Crippen LogP contribution in [-0.4, -0.2) is 34.3 Å². The number of nitrogens with one attached hydrogen (secondary N) is 1. The van der Waals surface area contributed by atoms with Crippen molar-refractivity contribution in [2.24, 2.45) is 5.92 Å². The van der Waals surface area contributed by atoms with Gasteiger partial charge in [0.2, 0.25) is 11.8 Å². The Balaban J connectivity index is 1.63. The van der Waals surface area contributed by atoms with Crippen molar-refractivity contribution in [1.29, 1.82) is 0 Å². The van der Waals surface area contributed by atoms with Gasteiger partial charge in [-0.05, 0) is 37.5 Å². The molecule has 1 saturated carbocycles. The van der Waals surface area contributed by atoms with Crippen molar-refractivity contribution in [1.82, 2.24) is 9.88 Å². The lowest BCUT2D eigenvalue weighted by atomic mass is 10.1. The topological polar surface area (TPSA) is 62.3 Å². The van der Waals surface area contributed by atoms with Crippen molar-refractivity contribution in [3.8, 4) is 0 Å². The predicted molar refractivity (Wildman–Crippen MR) is 70.4 cm³/mol. The summed E-state index contributed by atoms with van der Waals surface area (Å²) in [6.45, 7) is 2.51. The van der Waals surface area contributed by atoms with E-state index in [1.807, 2.05) is 24.0 Å². The highest BCUT2D eigenvalue weighted by atomic mass is 16.2. The summed E-state index contributed by atoms with van der Waals surface area (Å²) in [5, 5.41) is 2.80. The molecular weight excluding hydrogens is 242 g/mol. The van der Waals surface area contributed by atoms with E-state index in [1.165, 1.54) is 0 Å². The second-order valence-electron chi connectivity index (χ2n) is 5.39. The van der Waals surface area contributed by atoms with Gasteiger partial charge in [-0.15, -0.1) is 0 Å². The summed E-state index contributed by atoms with van der Waals surface area (Å²) in [7, 11) is 0. The van der Waals surface area contributed by atoms with E-state index in [-0.39, 0.29) is 17.7 Å². The lowest BCUT2D eigenvalue weighted by Gasteiger charge is -2.15. The van der Waals surface area contributed by atoms with Gasteiger partial charge in [-0.3, -0.25) is 9.59 Å².